The summed E-state index contributed by atoms with van der Waals surface area (Å²) in [4.78, 5) is 18.3. The molecule has 0 aromatic carbocycles. The zero-order chi connectivity index (χ0) is 13.0. The molecule has 1 aliphatic heterocycles. The average Bonchev–Trinajstić information content (AvgIpc) is 2.87. The predicted molar refractivity (Wildman–Crippen MR) is 69.5 cm³/mol. The Hall–Kier alpha value is -1.52. The SMILES string of the molecule is CCOC(=O)C1CCN(c2nccn2CC)CC1. The second-order valence-corrected chi connectivity index (χ2v) is 4.53. The molecule has 0 amide bonds. The highest BCUT2D eigenvalue weighted by Crippen LogP contribution is 2.22. The predicted octanol–water partition coefficient (Wildman–Crippen LogP) is 1.68. The van der Waals surface area contributed by atoms with Crippen molar-refractivity contribution in [2.45, 2.75) is 33.2 Å². The van der Waals surface area contributed by atoms with Gasteiger partial charge in [0.15, 0.2) is 0 Å². The summed E-state index contributed by atoms with van der Waals surface area (Å²) in [6, 6.07) is 0. The molecule has 2 rings (SSSR count). The summed E-state index contributed by atoms with van der Waals surface area (Å²) < 4.78 is 7.20. The number of aryl methyl sites for hydroxylation is 1. The van der Waals surface area contributed by atoms with E-state index in [1.807, 2.05) is 19.3 Å². The maximum Gasteiger partial charge on any atom is 0.309 e. The molecule has 0 unspecified atom stereocenters. The number of nitrogens with zero attached hydrogens (tertiary/aromatic N) is 3. The van der Waals surface area contributed by atoms with Crippen LogP contribution in [0.4, 0.5) is 5.95 Å². The van der Waals surface area contributed by atoms with Crippen molar-refractivity contribution in [2.75, 3.05) is 24.6 Å². The minimum Gasteiger partial charge on any atom is -0.466 e. The van der Waals surface area contributed by atoms with Gasteiger partial charge in [0.1, 0.15) is 0 Å². The van der Waals surface area contributed by atoms with Crippen LogP contribution in [0.1, 0.15) is 26.7 Å². The number of rotatable bonds is 4. The number of carbonyl (C=O) groups excluding carboxylic acids is 1. The van der Waals surface area contributed by atoms with E-state index in [2.05, 4.69) is 21.4 Å². The van der Waals surface area contributed by atoms with Crippen molar-refractivity contribution in [3.63, 3.8) is 0 Å². The Kier molecular flexibility index (Phi) is 4.23. The molecule has 0 saturated carbocycles. The van der Waals surface area contributed by atoms with E-state index in [4.69, 9.17) is 4.74 Å². The number of hydrogen-bond acceptors (Lipinski definition) is 4. The molecule has 5 heteroatoms. The first-order valence-corrected chi connectivity index (χ1v) is 6.69. The molecule has 0 radical (unpaired) electrons. The Morgan fingerprint density at radius 2 is 2.17 bits per heavy atom. The number of hydrogen-bond donors (Lipinski definition) is 0. The van der Waals surface area contributed by atoms with Crippen LogP contribution in [0, 0.1) is 5.92 Å². The van der Waals surface area contributed by atoms with E-state index < -0.39 is 0 Å². The van der Waals surface area contributed by atoms with Crippen LogP contribution in [0.3, 0.4) is 0 Å². The largest absolute Gasteiger partial charge is 0.466 e. The summed E-state index contributed by atoms with van der Waals surface area (Å²) in [5.41, 5.74) is 0. The zero-order valence-electron chi connectivity index (χ0n) is 11.1. The van der Waals surface area contributed by atoms with Crippen LogP contribution >= 0.6 is 0 Å². The molecule has 1 aromatic rings. The second-order valence-electron chi connectivity index (χ2n) is 4.53. The van der Waals surface area contributed by atoms with Gasteiger partial charge in [-0.2, -0.15) is 0 Å². The minimum absolute atomic E-state index is 0.0454. The Bertz CT molecular complexity index is 395. The molecule has 1 aliphatic rings. The minimum atomic E-state index is -0.0454. The summed E-state index contributed by atoms with van der Waals surface area (Å²) in [7, 11) is 0. The lowest BCUT2D eigenvalue weighted by Gasteiger charge is -2.31. The van der Waals surface area contributed by atoms with E-state index in [1.54, 1.807) is 0 Å². The summed E-state index contributed by atoms with van der Waals surface area (Å²) in [6.07, 6.45) is 5.54. The van der Waals surface area contributed by atoms with Crippen LogP contribution in [0.15, 0.2) is 12.4 Å². The van der Waals surface area contributed by atoms with Gasteiger partial charge in [-0.3, -0.25) is 4.79 Å². The normalized spacial score (nSPS) is 16.9. The lowest BCUT2D eigenvalue weighted by atomic mass is 9.97. The molecular weight excluding hydrogens is 230 g/mol. The Morgan fingerprint density at radius 3 is 2.78 bits per heavy atom. The van der Waals surface area contributed by atoms with Crippen molar-refractivity contribution < 1.29 is 9.53 Å². The van der Waals surface area contributed by atoms with Gasteiger partial charge in [-0.05, 0) is 26.7 Å². The lowest BCUT2D eigenvalue weighted by Crippen LogP contribution is -2.38. The maximum absolute atomic E-state index is 11.7. The van der Waals surface area contributed by atoms with Crippen molar-refractivity contribution in [1.29, 1.82) is 0 Å². The molecule has 0 atom stereocenters. The van der Waals surface area contributed by atoms with Gasteiger partial charge in [0.25, 0.3) is 0 Å². The van der Waals surface area contributed by atoms with Crippen molar-refractivity contribution in [2.24, 2.45) is 5.92 Å². The van der Waals surface area contributed by atoms with E-state index >= 15 is 0 Å². The van der Waals surface area contributed by atoms with Gasteiger partial charge in [-0.25, -0.2) is 4.98 Å². The molecule has 0 spiro atoms. The standard InChI is InChI=1S/C13H21N3O2/c1-3-15-10-7-14-13(15)16-8-5-11(6-9-16)12(17)18-4-2/h7,10-11H,3-6,8-9H2,1-2H3. The molecule has 18 heavy (non-hydrogen) atoms. The third-order valence-corrected chi connectivity index (χ3v) is 3.43. The highest BCUT2D eigenvalue weighted by atomic mass is 16.5. The molecular formula is C13H21N3O2. The van der Waals surface area contributed by atoms with Crippen molar-refractivity contribution >= 4 is 11.9 Å². The summed E-state index contributed by atoms with van der Waals surface area (Å²) in [6.45, 7) is 7.11. The molecule has 2 heterocycles. The summed E-state index contributed by atoms with van der Waals surface area (Å²) >= 11 is 0. The number of ether oxygens (including phenoxy) is 1. The Morgan fingerprint density at radius 1 is 1.44 bits per heavy atom. The van der Waals surface area contributed by atoms with Crippen LogP contribution in [0.25, 0.3) is 0 Å². The van der Waals surface area contributed by atoms with E-state index in [0.29, 0.717) is 6.61 Å². The molecule has 1 aromatic heterocycles. The lowest BCUT2D eigenvalue weighted by molar-refractivity contribution is -0.148. The van der Waals surface area contributed by atoms with Crippen LogP contribution in [-0.4, -0.2) is 35.2 Å². The molecule has 100 valence electrons. The topological polar surface area (TPSA) is 47.4 Å². The molecule has 1 saturated heterocycles. The van der Waals surface area contributed by atoms with E-state index in [-0.39, 0.29) is 11.9 Å². The monoisotopic (exact) mass is 251 g/mol. The van der Waals surface area contributed by atoms with Crippen LogP contribution < -0.4 is 4.90 Å². The molecule has 0 aliphatic carbocycles. The number of imidazole rings is 1. The van der Waals surface area contributed by atoms with Crippen LogP contribution in [-0.2, 0) is 16.1 Å². The average molecular weight is 251 g/mol. The number of carbonyl (C=O) groups is 1. The molecule has 0 bridgehead atoms. The van der Waals surface area contributed by atoms with Gasteiger partial charge in [0.2, 0.25) is 5.95 Å². The van der Waals surface area contributed by atoms with E-state index in [1.165, 1.54) is 0 Å². The van der Waals surface area contributed by atoms with Crippen molar-refractivity contribution in [3.05, 3.63) is 12.4 Å². The highest BCUT2D eigenvalue weighted by molar-refractivity contribution is 5.72. The first-order valence-electron chi connectivity index (χ1n) is 6.69. The molecule has 0 N–H and O–H groups in total. The molecule has 1 fully saturated rings. The molecule has 5 nitrogen and oxygen atoms in total. The van der Waals surface area contributed by atoms with Gasteiger partial charge < -0.3 is 14.2 Å². The number of anilines is 1. The fraction of sp³-hybridized carbons (Fsp3) is 0.692. The number of aromatic nitrogens is 2. The van der Waals surface area contributed by atoms with Crippen molar-refractivity contribution in [1.82, 2.24) is 9.55 Å². The van der Waals surface area contributed by atoms with Crippen LogP contribution in [0.5, 0.6) is 0 Å². The van der Waals surface area contributed by atoms with Gasteiger partial charge >= 0.3 is 5.97 Å². The first-order chi connectivity index (χ1) is 8.76. The highest BCUT2D eigenvalue weighted by Gasteiger charge is 2.27. The summed E-state index contributed by atoms with van der Waals surface area (Å²) in [5.74, 6) is 1.03. The fourth-order valence-corrected chi connectivity index (χ4v) is 2.41. The van der Waals surface area contributed by atoms with Gasteiger partial charge in [0.05, 0.1) is 12.5 Å². The fourth-order valence-electron chi connectivity index (χ4n) is 2.41. The zero-order valence-corrected chi connectivity index (χ0v) is 11.1. The quantitative estimate of drug-likeness (QED) is 0.764. The third kappa shape index (κ3) is 2.66. The summed E-state index contributed by atoms with van der Waals surface area (Å²) in [5, 5.41) is 0. The maximum atomic E-state index is 11.7. The van der Waals surface area contributed by atoms with Gasteiger partial charge in [0, 0.05) is 32.0 Å². The van der Waals surface area contributed by atoms with E-state index in [9.17, 15) is 4.79 Å². The van der Waals surface area contributed by atoms with E-state index in [0.717, 1.165) is 38.4 Å². The Labute approximate surface area is 108 Å². The third-order valence-electron chi connectivity index (χ3n) is 3.43. The van der Waals surface area contributed by atoms with Gasteiger partial charge in [-0.15, -0.1) is 0 Å². The number of piperidine rings is 1. The van der Waals surface area contributed by atoms with Crippen molar-refractivity contribution in [3.8, 4) is 0 Å². The first kappa shape index (κ1) is 12.9. The van der Waals surface area contributed by atoms with Crippen LogP contribution in [0.2, 0.25) is 0 Å². The smallest absolute Gasteiger partial charge is 0.309 e. The van der Waals surface area contributed by atoms with Gasteiger partial charge in [-0.1, -0.05) is 0 Å². The number of esters is 1. The second kappa shape index (κ2) is 5.89. The Balaban J connectivity index is 1.92.